The molecule has 1 N–H and O–H groups in total. The molecule has 1 unspecified atom stereocenters. The molecule has 0 saturated carbocycles. The Kier molecular flexibility index (Phi) is 4.23. The average molecular weight is 295 g/mol. The van der Waals surface area contributed by atoms with Gasteiger partial charge in [-0.25, -0.2) is 9.20 Å². The molecule has 2 rings (SSSR count). The van der Waals surface area contributed by atoms with Crippen LogP contribution in [-0.4, -0.2) is 42.2 Å². The summed E-state index contributed by atoms with van der Waals surface area (Å²) in [5.74, 6) is -1.36. The molecule has 1 atom stereocenters. The van der Waals surface area contributed by atoms with Crippen molar-refractivity contribution in [3.63, 3.8) is 0 Å². The molecule has 8 heteroatoms. The molecule has 0 spiro atoms. The Labute approximate surface area is 118 Å². The van der Waals surface area contributed by atoms with Gasteiger partial charge in [-0.05, 0) is 12.1 Å². The SMILES string of the molecule is CC(CC(=O)O)SCC(=O)n1nc2ccccn2c1=O. The van der Waals surface area contributed by atoms with Crippen LogP contribution in [0.1, 0.15) is 18.1 Å². The lowest BCUT2D eigenvalue weighted by Crippen LogP contribution is -2.29. The smallest absolute Gasteiger partial charge is 0.357 e. The Morgan fingerprint density at radius 1 is 1.45 bits per heavy atom. The van der Waals surface area contributed by atoms with Gasteiger partial charge in [-0.1, -0.05) is 13.0 Å². The van der Waals surface area contributed by atoms with E-state index in [-0.39, 0.29) is 17.4 Å². The minimum Gasteiger partial charge on any atom is -0.481 e. The van der Waals surface area contributed by atoms with Crippen LogP contribution < -0.4 is 5.69 Å². The van der Waals surface area contributed by atoms with Crippen LogP contribution in [-0.2, 0) is 4.79 Å². The summed E-state index contributed by atoms with van der Waals surface area (Å²) < 4.78 is 2.10. The molecule has 0 aromatic carbocycles. The average Bonchev–Trinajstić information content (AvgIpc) is 2.73. The number of pyridine rings is 1. The van der Waals surface area contributed by atoms with Crippen molar-refractivity contribution in [1.29, 1.82) is 0 Å². The molecule has 2 aromatic rings. The van der Waals surface area contributed by atoms with E-state index in [0.717, 1.165) is 4.68 Å². The summed E-state index contributed by atoms with van der Waals surface area (Å²) in [6, 6.07) is 5.03. The van der Waals surface area contributed by atoms with Gasteiger partial charge in [0.15, 0.2) is 5.65 Å². The van der Waals surface area contributed by atoms with Crippen molar-refractivity contribution in [2.45, 2.75) is 18.6 Å². The van der Waals surface area contributed by atoms with Crippen LogP contribution in [0.15, 0.2) is 29.2 Å². The van der Waals surface area contributed by atoms with E-state index in [1.165, 1.54) is 22.4 Å². The van der Waals surface area contributed by atoms with Gasteiger partial charge in [0, 0.05) is 11.4 Å². The number of nitrogens with zero attached hydrogens (tertiary/aromatic N) is 3. The number of rotatable bonds is 5. The summed E-state index contributed by atoms with van der Waals surface area (Å²) in [6.45, 7) is 1.72. The van der Waals surface area contributed by atoms with Gasteiger partial charge in [0.05, 0.1) is 12.2 Å². The molecule has 0 fully saturated rings. The van der Waals surface area contributed by atoms with E-state index >= 15 is 0 Å². The predicted molar refractivity (Wildman–Crippen MR) is 74.3 cm³/mol. The van der Waals surface area contributed by atoms with E-state index in [1.807, 2.05) is 0 Å². The molecule has 106 valence electrons. The molecule has 0 aliphatic rings. The molecule has 7 nitrogen and oxygen atoms in total. The number of fused-ring (bicyclic) bond motifs is 1. The first-order chi connectivity index (χ1) is 9.49. The number of thioether (sulfide) groups is 1. The van der Waals surface area contributed by atoms with Crippen LogP contribution >= 0.6 is 11.8 Å². The van der Waals surface area contributed by atoms with Crippen molar-refractivity contribution in [3.05, 3.63) is 34.9 Å². The first-order valence-corrected chi connectivity index (χ1v) is 6.97. The number of carboxylic acid groups (broad SMARTS) is 1. The molecule has 2 aromatic heterocycles. The largest absolute Gasteiger partial charge is 0.481 e. The predicted octanol–water partition coefficient (Wildman–Crippen LogP) is 0.733. The fraction of sp³-hybridized carbons (Fsp3) is 0.333. The van der Waals surface area contributed by atoms with Gasteiger partial charge in [-0.2, -0.15) is 0 Å². The Hall–Kier alpha value is -2.09. The maximum atomic E-state index is 11.9. The fourth-order valence-corrected chi connectivity index (χ4v) is 2.48. The van der Waals surface area contributed by atoms with E-state index in [9.17, 15) is 14.4 Å². The van der Waals surface area contributed by atoms with E-state index in [1.54, 1.807) is 25.1 Å². The Bertz CT molecular complexity index is 706. The number of carbonyl (C=O) groups excluding carboxylic acids is 1. The summed E-state index contributed by atoms with van der Waals surface area (Å²) in [4.78, 5) is 34.4. The number of hydrogen-bond acceptors (Lipinski definition) is 5. The van der Waals surface area contributed by atoms with Crippen LogP contribution in [0.5, 0.6) is 0 Å². The van der Waals surface area contributed by atoms with Crippen molar-refractivity contribution < 1.29 is 14.7 Å². The molecule has 0 saturated heterocycles. The van der Waals surface area contributed by atoms with Crippen LogP contribution in [0.2, 0.25) is 0 Å². The van der Waals surface area contributed by atoms with Gasteiger partial charge in [0.25, 0.3) is 5.91 Å². The summed E-state index contributed by atoms with van der Waals surface area (Å²) in [5, 5.41) is 12.4. The fourth-order valence-electron chi connectivity index (χ4n) is 1.67. The molecule has 0 aliphatic carbocycles. The van der Waals surface area contributed by atoms with E-state index in [0.29, 0.717) is 5.65 Å². The van der Waals surface area contributed by atoms with E-state index in [4.69, 9.17) is 5.11 Å². The third-order valence-corrected chi connectivity index (χ3v) is 3.77. The van der Waals surface area contributed by atoms with Gasteiger partial charge in [-0.15, -0.1) is 21.5 Å². The van der Waals surface area contributed by atoms with Crippen LogP contribution in [0, 0.1) is 0 Å². The first kappa shape index (κ1) is 14.3. The molecule has 0 amide bonds. The molecule has 20 heavy (non-hydrogen) atoms. The minimum absolute atomic E-state index is 0.0121. The highest BCUT2D eigenvalue weighted by molar-refractivity contribution is 8.00. The van der Waals surface area contributed by atoms with Gasteiger partial charge in [0.2, 0.25) is 0 Å². The van der Waals surface area contributed by atoms with Gasteiger partial charge in [0.1, 0.15) is 0 Å². The third kappa shape index (κ3) is 3.08. The zero-order valence-electron chi connectivity index (χ0n) is 10.7. The second-order valence-corrected chi connectivity index (χ2v) is 5.66. The van der Waals surface area contributed by atoms with Crippen molar-refractivity contribution in [2.24, 2.45) is 0 Å². The zero-order chi connectivity index (χ0) is 14.7. The highest BCUT2D eigenvalue weighted by atomic mass is 32.2. The standard InChI is InChI=1S/C12H13N3O4S/c1-8(6-11(17)18)20-7-10(16)15-12(19)14-5-3-2-4-9(14)13-15/h2-5,8H,6-7H2,1H3,(H,17,18). The van der Waals surface area contributed by atoms with Crippen LogP contribution in [0.4, 0.5) is 0 Å². The van der Waals surface area contributed by atoms with Gasteiger partial charge >= 0.3 is 11.7 Å². The van der Waals surface area contributed by atoms with Gasteiger partial charge < -0.3 is 5.11 Å². The van der Waals surface area contributed by atoms with Crippen molar-refractivity contribution >= 4 is 29.3 Å². The monoisotopic (exact) mass is 295 g/mol. The molecule has 0 radical (unpaired) electrons. The molecular weight excluding hydrogens is 282 g/mol. The Morgan fingerprint density at radius 3 is 2.85 bits per heavy atom. The van der Waals surface area contributed by atoms with E-state index in [2.05, 4.69) is 5.10 Å². The van der Waals surface area contributed by atoms with Crippen molar-refractivity contribution in [1.82, 2.24) is 14.2 Å². The number of aliphatic carboxylic acids is 1. The Balaban J connectivity index is 2.10. The lowest BCUT2D eigenvalue weighted by Gasteiger charge is -2.06. The second kappa shape index (κ2) is 5.91. The zero-order valence-corrected chi connectivity index (χ0v) is 11.5. The topological polar surface area (TPSA) is 93.7 Å². The highest BCUT2D eigenvalue weighted by Crippen LogP contribution is 2.14. The lowest BCUT2D eigenvalue weighted by atomic mass is 10.3. The Morgan fingerprint density at radius 2 is 2.20 bits per heavy atom. The van der Waals surface area contributed by atoms with Crippen LogP contribution in [0.3, 0.4) is 0 Å². The number of carbonyl (C=O) groups is 2. The summed E-state index contributed by atoms with van der Waals surface area (Å²) in [6.07, 6.45) is 1.51. The van der Waals surface area contributed by atoms with Gasteiger partial charge in [-0.3, -0.25) is 9.59 Å². The lowest BCUT2D eigenvalue weighted by molar-refractivity contribution is -0.136. The summed E-state index contributed by atoms with van der Waals surface area (Å²) in [5.41, 5.74) is -0.119. The number of aromatic nitrogens is 3. The number of hydrogen-bond donors (Lipinski definition) is 1. The maximum Gasteiger partial charge on any atom is 0.357 e. The molecule has 0 aliphatic heterocycles. The van der Waals surface area contributed by atoms with Crippen molar-refractivity contribution in [3.8, 4) is 0 Å². The summed E-state index contributed by atoms with van der Waals surface area (Å²) in [7, 11) is 0. The van der Waals surface area contributed by atoms with Crippen molar-refractivity contribution in [2.75, 3.05) is 5.75 Å². The number of carboxylic acids is 1. The normalized spacial score (nSPS) is 12.4. The second-order valence-electron chi connectivity index (χ2n) is 4.24. The maximum absolute atomic E-state index is 11.9. The molecular formula is C12H13N3O4S. The summed E-state index contributed by atoms with van der Waals surface area (Å²) >= 11 is 1.19. The van der Waals surface area contributed by atoms with E-state index < -0.39 is 17.6 Å². The first-order valence-electron chi connectivity index (χ1n) is 5.92. The minimum atomic E-state index is -0.914. The van der Waals surface area contributed by atoms with Crippen LogP contribution in [0.25, 0.3) is 5.65 Å². The third-order valence-electron chi connectivity index (χ3n) is 2.62. The highest BCUT2D eigenvalue weighted by Gasteiger charge is 2.16. The molecule has 0 bridgehead atoms. The molecule has 2 heterocycles. The quantitative estimate of drug-likeness (QED) is 0.874.